The van der Waals surface area contributed by atoms with Crippen LogP contribution in [-0.2, 0) is 9.59 Å². The summed E-state index contributed by atoms with van der Waals surface area (Å²) in [5.74, 6) is -2.62. The monoisotopic (exact) mass is 290 g/mol. The van der Waals surface area contributed by atoms with Crippen molar-refractivity contribution in [1.29, 1.82) is 0 Å². The van der Waals surface area contributed by atoms with E-state index in [9.17, 15) is 14.4 Å². The van der Waals surface area contributed by atoms with Crippen molar-refractivity contribution >= 4 is 17.8 Å². The van der Waals surface area contributed by atoms with Crippen molar-refractivity contribution in [3.05, 3.63) is 35.4 Å². The van der Waals surface area contributed by atoms with E-state index in [1.807, 2.05) is 19.0 Å². The summed E-state index contributed by atoms with van der Waals surface area (Å²) in [6.45, 7) is 0.800. The third kappa shape index (κ3) is 3.11. The molecule has 1 heterocycles. The summed E-state index contributed by atoms with van der Waals surface area (Å²) in [5, 5.41) is 9.02. The lowest BCUT2D eigenvalue weighted by Crippen LogP contribution is -2.47. The van der Waals surface area contributed by atoms with Gasteiger partial charge in [-0.25, -0.2) is 0 Å². The molecule has 1 aliphatic rings. The summed E-state index contributed by atoms with van der Waals surface area (Å²) >= 11 is 0. The SMILES string of the molecule is CN(C)CCN1C(=O)c2ccccc2C(CC(=O)O)C1=O. The second-order valence-corrected chi connectivity index (χ2v) is 5.34. The number of carbonyl (C=O) groups is 3. The Kier molecular flexibility index (Phi) is 4.37. The van der Waals surface area contributed by atoms with Crippen LogP contribution in [0.5, 0.6) is 0 Å². The predicted molar refractivity (Wildman–Crippen MR) is 76.0 cm³/mol. The third-order valence-electron chi connectivity index (χ3n) is 3.53. The molecule has 0 saturated carbocycles. The van der Waals surface area contributed by atoms with Gasteiger partial charge < -0.3 is 10.0 Å². The van der Waals surface area contributed by atoms with Gasteiger partial charge in [-0.05, 0) is 25.7 Å². The first kappa shape index (κ1) is 15.2. The molecule has 0 saturated heterocycles. The fraction of sp³-hybridized carbons (Fsp3) is 0.400. The van der Waals surface area contributed by atoms with Crippen molar-refractivity contribution in [2.75, 3.05) is 27.2 Å². The van der Waals surface area contributed by atoms with Crippen LogP contribution < -0.4 is 0 Å². The molecule has 1 atom stereocenters. The summed E-state index contributed by atoms with van der Waals surface area (Å²) in [7, 11) is 3.70. The molecule has 1 N–H and O–H groups in total. The minimum Gasteiger partial charge on any atom is -0.481 e. The number of carboxylic acid groups (broad SMARTS) is 1. The summed E-state index contributed by atoms with van der Waals surface area (Å²) in [6.07, 6.45) is -0.304. The van der Waals surface area contributed by atoms with Gasteiger partial charge in [0, 0.05) is 18.7 Å². The number of benzene rings is 1. The highest BCUT2D eigenvalue weighted by Gasteiger charge is 2.39. The van der Waals surface area contributed by atoms with Crippen LogP contribution in [0.15, 0.2) is 24.3 Å². The molecule has 112 valence electrons. The molecule has 1 aromatic rings. The number of hydrogen-bond acceptors (Lipinski definition) is 4. The lowest BCUT2D eigenvalue weighted by molar-refractivity contribution is -0.141. The lowest BCUT2D eigenvalue weighted by atomic mass is 9.86. The van der Waals surface area contributed by atoms with E-state index >= 15 is 0 Å². The Balaban J connectivity index is 2.37. The zero-order valence-electron chi connectivity index (χ0n) is 12.1. The van der Waals surface area contributed by atoms with Crippen LogP contribution in [0.4, 0.5) is 0 Å². The number of hydrogen-bond donors (Lipinski definition) is 1. The maximum absolute atomic E-state index is 12.5. The van der Waals surface area contributed by atoms with Gasteiger partial charge in [-0.1, -0.05) is 18.2 Å². The second kappa shape index (κ2) is 6.05. The molecule has 1 aliphatic heterocycles. The first-order valence-corrected chi connectivity index (χ1v) is 6.73. The number of fused-ring (bicyclic) bond motifs is 1. The first-order valence-electron chi connectivity index (χ1n) is 6.73. The molecule has 0 radical (unpaired) electrons. The van der Waals surface area contributed by atoms with Gasteiger partial charge >= 0.3 is 5.97 Å². The lowest BCUT2D eigenvalue weighted by Gasteiger charge is -2.32. The van der Waals surface area contributed by atoms with Gasteiger partial charge in [0.25, 0.3) is 5.91 Å². The molecule has 0 spiro atoms. The van der Waals surface area contributed by atoms with Crippen molar-refractivity contribution in [1.82, 2.24) is 9.80 Å². The molecule has 2 rings (SSSR count). The van der Waals surface area contributed by atoms with E-state index in [-0.39, 0.29) is 18.9 Å². The van der Waals surface area contributed by atoms with E-state index in [4.69, 9.17) is 5.11 Å². The van der Waals surface area contributed by atoms with Crippen LogP contribution in [0.25, 0.3) is 0 Å². The first-order chi connectivity index (χ1) is 9.91. The Morgan fingerprint density at radius 2 is 1.95 bits per heavy atom. The maximum Gasteiger partial charge on any atom is 0.304 e. The molecule has 21 heavy (non-hydrogen) atoms. The smallest absolute Gasteiger partial charge is 0.304 e. The molecule has 0 bridgehead atoms. The number of carboxylic acids is 1. The fourth-order valence-electron chi connectivity index (χ4n) is 2.45. The van der Waals surface area contributed by atoms with Crippen LogP contribution in [-0.4, -0.2) is 59.9 Å². The Morgan fingerprint density at radius 1 is 1.29 bits per heavy atom. The highest BCUT2D eigenvalue weighted by molar-refractivity contribution is 6.12. The van der Waals surface area contributed by atoms with Crippen molar-refractivity contribution in [2.45, 2.75) is 12.3 Å². The van der Waals surface area contributed by atoms with Gasteiger partial charge in [-0.15, -0.1) is 0 Å². The molecular formula is C15H18N2O4. The maximum atomic E-state index is 12.5. The predicted octanol–water partition coefficient (Wildman–Crippen LogP) is 0.789. The zero-order chi connectivity index (χ0) is 15.6. The van der Waals surface area contributed by atoms with Crippen LogP contribution in [0, 0.1) is 0 Å². The van der Waals surface area contributed by atoms with E-state index in [2.05, 4.69) is 0 Å². The van der Waals surface area contributed by atoms with Gasteiger partial charge in [-0.2, -0.15) is 0 Å². The number of imide groups is 1. The highest BCUT2D eigenvalue weighted by Crippen LogP contribution is 2.31. The number of rotatable bonds is 5. The minimum atomic E-state index is -1.05. The number of nitrogens with zero attached hydrogens (tertiary/aromatic N) is 2. The van der Waals surface area contributed by atoms with Crippen molar-refractivity contribution in [3.63, 3.8) is 0 Å². The summed E-state index contributed by atoms with van der Waals surface area (Å²) in [5.41, 5.74) is 0.929. The average molecular weight is 290 g/mol. The topological polar surface area (TPSA) is 77.9 Å². The highest BCUT2D eigenvalue weighted by atomic mass is 16.4. The van der Waals surface area contributed by atoms with Crippen molar-refractivity contribution < 1.29 is 19.5 Å². The molecule has 2 amide bonds. The normalized spacial score (nSPS) is 18.0. The number of aliphatic carboxylic acids is 1. The number of likely N-dealkylation sites (N-methyl/N-ethyl adjacent to an activating group) is 1. The summed E-state index contributed by atoms with van der Waals surface area (Å²) in [4.78, 5) is 38.9. The molecule has 0 fully saturated rings. The third-order valence-corrected chi connectivity index (χ3v) is 3.53. The molecule has 6 heteroatoms. The fourth-order valence-corrected chi connectivity index (χ4v) is 2.45. The van der Waals surface area contributed by atoms with E-state index in [0.29, 0.717) is 17.7 Å². The van der Waals surface area contributed by atoms with E-state index in [1.54, 1.807) is 24.3 Å². The summed E-state index contributed by atoms with van der Waals surface area (Å²) in [6, 6.07) is 6.72. The van der Waals surface area contributed by atoms with E-state index in [0.717, 1.165) is 4.90 Å². The standard InChI is InChI=1S/C15H18N2O4/c1-16(2)7-8-17-14(20)11-6-4-3-5-10(11)12(15(17)21)9-13(18)19/h3-6,12H,7-9H2,1-2H3,(H,18,19). The van der Waals surface area contributed by atoms with E-state index < -0.39 is 17.8 Å². The van der Waals surface area contributed by atoms with Gasteiger partial charge in [0.2, 0.25) is 5.91 Å². The Morgan fingerprint density at radius 3 is 2.57 bits per heavy atom. The number of amides is 2. The summed E-state index contributed by atoms with van der Waals surface area (Å²) < 4.78 is 0. The Labute approximate surface area is 123 Å². The minimum absolute atomic E-state index is 0.259. The van der Waals surface area contributed by atoms with Gasteiger partial charge in [-0.3, -0.25) is 19.3 Å². The average Bonchev–Trinajstić information content (AvgIpc) is 2.43. The van der Waals surface area contributed by atoms with Crippen molar-refractivity contribution in [2.24, 2.45) is 0 Å². The molecule has 1 aromatic carbocycles. The molecular weight excluding hydrogens is 272 g/mol. The molecule has 0 aliphatic carbocycles. The quantitative estimate of drug-likeness (QED) is 0.811. The van der Waals surface area contributed by atoms with Crippen LogP contribution in [0.1, 0.15) is 28.3 Å². The van der Waals surface area contributed by atoms with E-state index in [1.165, 1.54) is 0 Å². The van der Waals surface area contributed by atoms with Gasteiger partial charge in [0.05, 0.1) is 12.3 Å². The van der Waals surface area contributed by atoms with Gasteiger partial charge in [0.15, 0.2) is 0 Å². The molecule has 6 nitrogen and oxygen atoms in total. The van der Waals surface area contributed by atoms with Gasteiger partial charge in [0.1, 0.15) is 0 Å². The zero-order valence-corrected chi connectivity index (χ0v) is 12.1. The molecule has 1 unspecified atom stereocenters. The second-order valence-electron chi connectivity index (χ2n) is 5.34. The Hall–Kier alpha value is -2.21. The van der Waals surface area contributed by atoms with Crippen LogP contribution >= 0.6 is 0 Å². The Bertz CT molecular complexity index is 583. The molecule has 0 aromatic heterocycles. The van der Waals surface area contributed by atoms with Crippen LogP contribution in [0.2, 0.25) is 0 Å². The van der Waals surface area contributed by atoms with Crippen LogP contribution in [0.3, 0.4) is 0 Å². The largest absolute Gasteiger partial charge is 0.481 e. The van der Waals surface area contributed by atoms with Crippen molar-refractivity contribution in [3.8, 4) is 0 Å². The number of carbonyl (C=O) groups excluding carboxylic acids is 2.